The van der Waals surface area contributed by atoms with Crippen molar-refractivity contribution in [1.82, 2.24) is 4.57 Å². The van der Waals surface area contributed by atoms with Gasteiger partial charge in [0.2, 0.25) is 5.72 Å². The summed E-state index contributed by atoms with van der Waals surface area (Å²) in [4.78, 5) is 32.1. The fourth-order valence-electron chi connectivity index (χ4n) is 5.74. The maximum atomic E-state index is 13.9. The van der Waals surface area contributed by atoms with Gasteiger partial charge in [0.1, 0.15) is 35.6 Å². The van der Waals surface area contributed by atoms with Crippen molar-refractivity contribution in [2.24, 2.45) is 10.9 Å². The van der Waals surface area contributed by atoms with Crippen LogP contribution in [-0.4, -0.2) is 23.2 Å². The summed E-state index contributed by atoms with van der Waals surface area (Å²) in [5.74, 6) is 1.51. The van der Waals surface area contributed by atoms with E-state index in [1.54, 1.807) is 11.7 Å². The number of aromatic nitrogens is 1. The number of rotatable bonds is 6. The third kappa shape index (κ3) is 4.23. The summed E-state index contributed by atoms with van der Waals surface area (Å²) in [7, 11) is 1.63. The zero-order valence-corrected chi connectivity index (χ0v) is 23.9. The second-order valence-electron chi connectivity index (χ2n) is 10.5. The van der Waals surface area contributed by atoms with Crippen LogP contribution in [0.3, 0.4) is 0 Å². The van der Waals surface area contributed by atoms with Crippen LogP contribution in [-0.2, 0) is 11.4 Å². The normalized spacial score (nSPS) is 21.1. The molecule has 0 unspecified atom stereocenters. The van der Waals surface area contributed by atoms with Crippen LogP contribution in [0.15, 0.2) is 70.5 Å². The molecule has 4 aromatic rings. The van der Waals surface area contributed by atoms with Gasteiger partial charge < -0.3 is 14.2 Å². The molecule has 0 N–H and O–H groups in total. The quantitative estimate of drug-likeness (QED) is 0.351. The summed E-state index contributed by atoms with van der Waals surface area (Å²) in [5, 5.41) is 0. The van der Waals surface area contributed by atoms with E-state index >= 15 is 0 Å². The van der Waals surface area contributed by atoms with Gasteiger partial charge in [-0.25, -0.2) is 4.99 Å². The van der Waals surface area contributed by atoms with Crippen molar-refractivity contribution in [1.29, 1.82) is 0 Å². The van der Waals surface area contributed by atoms with E-state index in [0.717, 1.165) is 33.6 Å². The summed E-state index contributed by atoms with van der Waals surface area (Å²) in [6, 6.07) is 18.8. The average molecular weight is 555 g/mol. The molecule has 2 aliphatic heterocycles. The number of carbonyl (C=O) groups excluding carboxylic acids is 1. The minimum atomic E-state index is -1.09. The first-order valence-electron chi connectivity index (χ1n) is 13.2. The lowest BCUT2D eigenvalue weighted by Gasteiger charge is -2.45. The number of ketones is 1. The van der Waals surface area contributed by atoms with Gasteiger partial charge in [-0.2, -0.15) is 0 Å². The number of methoxy groups -OCH3 is 1. The molecule has 8 heteroatoms. The number of fused-ring (bicyclic) bond motifs is 6. The van der Waals surface area contributed by atoms with E-state index in [2.05, 4.69) is 13.0 Å². The number of carbonyl (C=O) groups is 1. The Hall–Kier alpha value is -4.17. The molecule has 3 heterocycles. The molecule has 6 rings (SSSR count). The highest BCUT2D eigenvalue weighted by Gasteiger charge is 2.53. The number of Topliss-reactive ketones (excluding diaryl/α,β-unsaturated/α-hetero) is 1. The first-order valence-corrected chi connectivity index (χ1v) is 14.0. The van der Waals surface area contributed by atoms with E-state index in [0.29, 0.717) is 27.4 Å². The van der Waals surface area contributed by atoms with Crippen molar-refractivity contribution in [3.8, 4) is 17.2 Å². The fourth-order valence-corrected chi connectivity index (χ4v) is 6.84. The maximum Gasteiger partial charge on any atom is 0.270 e. The minimum absolute atomic E-state index is 0.0660. The van der Waals surface area contributed by atoms with Gasteiger partial charge in [0.05, 0.1) is 17.7 Å². The van der Waals surface area contributed by atoms with Crippen molar-refractivity contribution >= 4 is 23.2 Å². The van der Waals surface area contributed by atoms with Crippen LogP contribution < -0.4 is 29.1 Å². The van der Waals surface area contributed by atoms with Crippen LogP contribution >= 0.6 is 11.3 Å². The molecule has 2 bridgehead atoms. The lowest BCUT2D eigenvalue weighted by molar-refractivity contribution is -0.132. The Morgan fingerprint density at radius 2 is 1.93 bits per heavy atom. The molecule has 204 valence electrons. The molecule has 1 aromatic heterocycles. The Morgan fingerprint density at radius 1 is 1.12 bits per heavy atom. The number of thiazole rings is 1. The number of aryl methyl sites for hydroxylation is 1. The highest BCUT2D eigenvalue weighted by Crippen LogP contribution is 2.47. The summed E-state index contributed by atoms with van der Waals surface area (Å²) >= 11 is 1.30. The number of hydrogen-bond donors (Lipinski definition) is 0. The zero-order chi connectivity index (χ0) is 28.2. The second-order valence-corrected chi connectivity index (χ2v) is 11.5. The van der Waals surface area contributed by atoms with Crippen molar-refractivity contribution in [3.63, 3.8) is 0 Å². The van der Waals surface area contributed by atoms with Crippen molar-refractivity contribution < 1.29 is 19.0 Å². The van der Waals surface area contributed by atoms with E-state index in [1.807, 2.05) is 74.5 Å². The van der Waals surface area contributed by atoms with E-state index in [-0.39, 0.29) is 11.3 Å². The topological polar surface area (TPSA) is 79.1 Å². The van der Waals surface area contributed by atoms with Crippen LogP contribution in [0.25, 0.3) is 6.08 Å². The highest BCUT2D eigenvalue weighted by molar-refractivity contribution is 7.07. The van der Waals surface area contributed by atoms with E-state index in [9.17, 15) is 9.59 Å². The van der Waals surface area contributed by atoms with Gasteiger partial charge in [-0.15, -0.1) is 0 Å². The van der Waals surface area contributed by atoms with Crippen LogP contribution in [0.4, 0.5) is 0 Å². The molecule has 2 aliphatic rings. The van der Waals surface area contributed by atoms with Crippen molar-refractivity contribution in [2.75, 3.05) is 7.11 Å². The smallest absolute Gasteiger partial charge is 0.270 e. The molecule has 0 spiro atoms. The predicted octanol–water partition coefficient (Wildman–Crippen LogP) is 4.48. The SMILES string of the molecule is COc1ccc(/C=c2/sc3n(c2=O)[C@H]2c4ccccc4O[C@](C)(N=3)[C@@H]2C(C)=O)cc1COc1cccc(C)c1C. The molecule has 0 aliphatic carbocycles. The van der Waals surface area contributed by atoms with Gasteiger partial charge in [0.15, 0.2) is 4.80 Å². The average Bonchev–Trinajstić information content (AvgIpc) is 3.22. The predicted molar refractivity (Wildman–Crippen MR) is 154 cm³/mol. The molecular formula is C32H30N2O5S. The van der Waals surface area contributed by atoms with Gasteiger partial charge in [-0.05, 0) is 74.7 Å². The molecule has 0 amide bonds. The molecule has 40 heavy (non-hydrogen) atoms. The van der Waals surface area contributed by atoms with Crippen LogP contribution in [0.1, 0.15) is 47.7 Å². The number of ether oxygens (including phenoxy) is 3. The summed E-state index contributed by atoms with van der Waals surface area (Å²) in [6.07, 6.45) is 1.86. The van der Waals surface area contributed by atoms with Crippen LogP contribution in [0.5, 0.6) is 17.2 Å². The third-order valence-corrected chi connectivity index (χ3v) is 8.84. The minimum Gasteiger partial charge on any atom is -0.496 e. The Kier molecular flexibility index (Phi) is 6.38. The van der Waals surface area contributed by atoms with E-state index < -0.39 is 17.7 Å². The largest absolute Gasteiger partial charge is 0.496 e. The van der Waals surface area contributed by atoms with Crippen LogP contribution in [0.2, 0.25) is 0 Å². The number of para-hydroxylation sites is 1. The molecule has 7 nitrogen and oxygen atoms in total. The first kappa shape index (κ1) is 26.1. The second kappa shape index (κ2) is 9.78. The van der Waals surface area contributed by atoms with Gasteiger partial charge in [-0.1, -0.05) is 47.7 Å². The molecule has 0 radical (unpaired) electrons. The van der Waals surface area contributed by atoms with Gasteiger partial charge in [0, 0.05) is 11.1 Å². The molecule has 0 fully saturated rings. The monoisotopic (exact) mass is 554 g/mol. The standard InChI is InChI=1S/C32H30N2O5S/c1-18-9-8-12-24(19(18)2)38-17-22-15-21(13-14-25(22)37-5)16-27-30(36)34-29-23-10-6-7-11-26(23)39-32(4,28(29)20(3)35)33-31(34)40-27/h6-16,28-29H,17H2,1-5H3/b27-16+/t28-,29+,32+/m1/s1. The molecule has 3 atom stereocenters. The lowest BCUT2D eigenvalue weighted by Crippen LogP contribution is -2.58. The molecule has 3 aromatic carbocycles. The molecule has 0 saturated heterocycles. The maximum absolute atomic E-state index is 13.9. The highest BCUT2D eigenvalue weighted by atomic mass is 32.1. The number of nitrogens with zero attached hydrogens (tertiary/aromatic N) is 2. The summed E-state index contributed by atoms with van der Waals surface area (Å²) < 4.78 is 20.2. The van der Waals surface area contributed by atoms with E-state index in [4.69, 9.17) is 19.2 Å². The number of hydrogen-bond acceptors (Lipinski definition) is 7. The van der Waals surface area contributed by atoms with E-state index in [1.165, 1.54) is 18.3 Å². The summed E-state index contributed by atoms with van der Waals surface area (Å²) in [5.41, 5.74) is 3.52. The van der Waals surface area contributed by atoms with Crippen molar-refractivity contribution in [3.05, 3.63) is 108 Å². The summed E-state index contributed by atoms with van der Waals surface area (Å²) in [6.45, 7) is 7.78. The van der Waals surface area contributed by atoms with Crippen LogP contribution in [0, 0.1) is 19.8 Å². The van der Waals surface area contributed by atoms with Crippen molar-refractivity contribution in [2.45, 2.75) is 46.1 Å². The molecular weight excluding hydrogens is 524 g/mol. The van der Waals surface area contributed by atoms with Gasteiger partial charge in [-0.3, -0.25) is 14.2 Å². The lowest BCUT2D eigenvalue weighted by atomic mass is 9.79. The van der Waals surface area contributed by atoms with Gasteiger partial charge >= 0.3 is 0 Å². The Balaban J connectivity index is 1.43. The Bertz CT molecular complexity index is 1840. The zero-order valence-electron chi connectivity index (χ0n) is 23.1. The van der Waals surface area contributed by atoms with Gasteiger partial charge in [0.25, 0.3) is 5.56 Å². The molecule has 0 saturated carbocycles. The first-order chi connectivity index (χ1) is 19.2. The number of benzene rings is 3. The Labute approximate surface area is 236 Å². The third-order valence-electron chi connectivity index (χ3n) is 7.86. The Morgan fingerprint density at radius 3 is 2.70 bits per heavy atom. The fraction of sp³-hybridized carbons (Fsp3) is 0.281.